The first-order valence-electron chi connectivity index (χ1n) is 4.08. The van der Waals surface area contributed by atoms with E-state index in [1.807, 2.05) is 6.07 Å². The van der Waals surface area contributed by atoms with Gasteiger partial charge >= 0.3 is 0 Å². The molecule has 1 aromatic heterocycles. The van der Waals surface area contributed by atoms with Crippen LogP contribution in [0.25, 0.3) is 10.2 Å². The summed E-state index contributed by atoms with van der Waals surface area (Å²) in [6, 6.07) is 3.63. The number of nitrogen functional groups attached to an aromatic ring is 1. The molecule has 0 saturated heterocycles. The summed E-state index contributed by atoms with van der Waals surface area (Å²) in [5.74, 6) is 0.713. The van der Waals surface area contributed by atoms with E-state index in [4.69, 9.17) is 15.6 Å². The number of anilines is 1. The molecule has 1 aromatic carbocycles. The molecule has 0 spiro atoms. The van der Waals surface area contributed by atoms with Crippen molar-refractivity contribution in [3.8, 4) is 5.75 Å². The summed E-state index contributed by atoms with van der Waals surface area (Å²) in [6.45, 7) is -0.0587. The van der Waals surface area contributed by atoms with Crippen LogP contribution in [0.15, 0.2) is 12.1 Å². The Bertz CT molecular complexity index is 467. The number of benzene rings is 1. The molecule has 0 unspecified atom stereocenters. The van der Waals surface area contributed by atoms with Crippen LogP contribution in [0.5, 0.6) is 5.75 Å². The average Bonchev–Trinajstić information content (AvgIpc) is 2.56. The first kappa shape index (κ1) is 9.23. The smallest absolute Gasteiger partial charge is 0.181 e. The third kappa shape index (κ3) is 1.40. The topological polar surface area (TPSA) is 68.4 Å². The molecule has 5 heteroatoms. The number of fused-ring (bicyclic) bond motifs is 1. The van der Waals surface area contributed by atoms with Crippen molar-refractivity contribution in [3.05, 3.63) is 17.7 Å². The van der Waals surface area contributed by atoms with Crippen LogP contribution in [0.3, 0.4) is 0 Å². The zero-order chi connectivity index (χ0) is 10.1. The van der Waals surface area contributed by atoms with Crippen LogP contribution in [0.4, 0.5) is 5.13 Å². The highest BCUT2D eigenvalue weighted by molar-refractivity contribution is 7.22. The Balaban J connectivity index is 2.72. The third-order valence-electron chi connectivity index (χ3n) is 1.97. The van der Waals surface area contributed by atoms with Crippen LogP contribution >= 0.6 is 11.3 Å². The Morgan fingerprint density at radius 1 is 1.57 bits per heavy atom. The van der Waals surface area contributed by atoms with Gasteiger partial charge in [0.25, 0.3) is 0 Å². The molecule has 0 aliphatic carbocycles. The predicted octanol–water partition coefficient (Wildman–Crippen LogP) is 1.38. The summed E-state index contributed by atoms with van der Waals surface area (Å²) < 4.78 is 6.04. The number of thiazole rings is 1. The first-order valence-corrected chi connectivity index (χ1v) is 4.90. The fourth-order valence-electron chi connectivity index (χ4n) is 1.33. The molecule has 0 atom stereocenters. The molecule has 3 N–H and O–H groups in total. The van der Waals surface area contributed by atoms with Crippen molar-refractivity contribution < 1.29 is 9.84 Å². The van der Waals surface area contributed by atoms with Gasteiger partial charge in [0.15, 0.2) is 5.13 Å². The highest BCUT2D eigenvalue weighted by Gasteiger charge is 2.08. The Kier molecular flexibility index (Phi) is 2.26. The van der Waals surface area contributed by atoms with Gasteiger partial charge in [-0.15, -0.1) is 0 Å². The molecule has 14 heavy (non-hydrogen) atoms. The number of aromatic nitrogens is 1. The normalized spacial score (nSPS) is 10.7. The van der Waals surface area contributed by atoms with E-state index in [1.165, 1.54) is 11.3 Å². The second-order valence-corrected chi connectivity index (χ2v) is 3.91. The Hall–Kier alpha value is -1.33. The largest absolute Gasteiger partial charge is 0.497 e. The van der Waals surface area contributed by atoms with E-state index in [2.05, 4.69) is 4.98 Å². The van der Waals surface area contributed by atoms with Gasteiger partial charge < -0.3 is 15.6 Å². The molecule has 0 amide bonds. The van der Waals surface area contributed by atoms with E-state index in [0.717, 1.165) is 15.8 Å². The molecule has 0 saturated carbocycles. The molecule has 74 valence electrons. The fourth-order valence-corrected chi connectivity index (χ4v) is 2.14. The second-order valence-electron chi connectivity index (χ2n) is 2.84. The summed E-state index contributed by atoms with van der Waals surface area (Å²) in [7, 11) is 1.59. The number of aliphatic hydroxyl groups excluding tert-OH is 1. The minimum absolute atomic E-state index is 0.0587. The number of ether oxygens (including phenoxy) is 1. The van der Waals surface area contributed by atoms with Crippen LogP contribution in [0.1, 0.15) is 5.56 Å². The number of rotatable bonds is 2. The fraction of sp³-hybridized carbons (Fsp3) is 0.222. The maximum atomic E-state index is 9.13. The second kappa shape index (κ2) is 3.43. The van der Waals surface area contributed by atoms with E-state index in [1.54, 1.807) is 13.2 Å². The van der Waals surface area contributed by atoms with Gasteiger partial charge in [0.05, 0.1) is 23.9 Å². The number of methoxy groups -OCH3 is 1. The summed E-state index contributed by atoms with van der Waals surface area (Å²) in [5, 5.41) is 9.64. The Morgan fingerprint density at radius 3 is 3.00 bits per heavy atom. The van der Waals surface area contributed by atoms with E-state index in [9.17, 15) is 0 Å². The van der Waals surface area contributed by atoms with E-state index in [0.29, 0.717) is 10.9 Å². The number of hydrogen-bond donors (Lipinski definition) is 2. The molecule has 0 bridgehead atoms. The summed E-state index contributed by atoms with van der Waals surface area (Å²) >= 11 is 1.39. The van der Waals surface area contributed by atoms with Gasteiger partial charge in [0, 0.05) is 5.56 Å². The maximum absolute atomic E-state index is 9.13. The zero-order valence-electron chi connectivity index (χ0n) is 7.65. The van der Waals surface area contributed by atoms with Crippen molar-refractivity contribution in [2.75, 3.05) is 12.8 Å². The van der Waals surface area contributed by atoms with Gasteiger partial charge in [-0.1, -0.05) is 11.3 Å². The van der Waals surface area contributed by atoms with Crippen LogP contribution in [-0.4, -0.2) is 17.2 Å². The van der Waals surface area contributed by atoms with Crippen LogP contribution < -0.4 is 10.5 Å². The van der Waals surface area contributed by atoms with Gasteiger partial charge in [0.1, 0.15) is 5.75 Å². The number of nitrogens with zero attached hydrogens (tertiary/aromatic N) is 1. The third-order valence-corrected chi connectivity index (χ3v) is 2.80. The molecule has 0 aliphatic heterocycles. The molecular weight excluding hydrogens is 200 g/mol. The van der Waals surface area contributed by atoms with Gasteiger partial charge in [-0.2, -0.15) is 0 Å². The van der Waals surface area contributed by atoms with Gasteiger partial charge in [-0.3, -0.25) is 0 Å². The Morgan fingerprint density at radius 2 is 2.36 bits per heavy atom. The predicted molar refractivity (Wildman–Crippen MR) is 56.5 cm³/mol. The molecule has 0 radical (unpaired) electrons. The van der Waals surface area contributed by atoms with E-state index < -0.39 is 0 Å². The number of hydrogen-bond acceptors (Lipinski definition) is 5. The monoisotopic (exact) mass is 210 g/mol. The molecule has 0 fully saturated rings. The molecule has 4 nitrogen and oxygen atoms in total. The minimum atomic E-state index is -0.0587. The first-order chi connectivity index (χ1) is 6.74. The minimum Gasteiger partial charge on any atom is -0.497 e. The zero-order valence-corrected chi connectivity index (χ0v) is 8.47. The maximum Gasteiger partial charge on any atom is 0.181 e. The highest BCUT2D eigenvalue weighted by Crippen LogP contribution is 2.30. The Labute approximate surface area is 85.0 Å². The van der Waals surface area contributed by atoms with Crippen molar-refractivity contribution in [2.45, 2.75) is 6.61 Å². The lowest BCUT2D eigenvalue weighted by atomic mass is 10.2. The van der Waals surface area contributed by atoms with Crippen molar-refractivity contribution in [3.63, 3.8) is 0 Å². The lowest BCUT2D eigenvalue weighted by Crippen LogP contribution is -1.89. The summed E-state index contributed by atoms with van der Waals surface area (Å²) in [4.78, 5) is 4.14. The molecular formula is C9H10N2O2S. The molecule has 1 heterocycles. The molecule has 0 aliphatic rings. The number of nitrogens with two attached hydrogens (primary N) is 1. The standard InChI is InChI=1S/C9H10N2O2S/c1-13-6-2-5(4-12)8-7(3-6)14-9(10)11-8/h2-3,12H,4H2,1H3,(H2,10,11). The van der Waals surface area contributed by atoms with Gasteiger partial charge in [0.2, 0.25) is 0 Å². The summed E-state index contributed by atoms with van der Waals surface area (Å²) in [5.41, 5.74) is 7.09. The van der Waals surface area contributed by atoms with Gasteiger partial charge in [-0.25, -0.2) is 4.98 Å². The number of aliphatic hydroxyl groups is 1. The SMILES string of the molecule is COc1cc(CO)c2nc(N)sc2c1. The van der Waals surface area contributed by atoms with Crippen molar-refractivity contribution in [1.29, 1.82) is 0 Å². The van der Waals surface area contributed by atoms with Crippen LogP contribution in [-0.2, 0) is 6.61 Å². The molecule has 2 rings (SSSR count). The van der Waals surface area contributed by atoms with Crippen molar-refractivity contribution >= 4 is 26.7 Å². The quantitative estimate of drug-likeness (QED) is 0.785. The van der Waals surface area contributed by atoms with Crippen molar-refractivity contribution in [2.24, 2.45) is 0 Å². The van der Waals surface area contributed by atoms with Crippen molar-refractivity contribution in [1.82, 2.24) is 4.98 Å². The summed E-state index contributed by atoms with van der Waals surface area (Å²) in [6.07, 6.45) is 0. The van der Waals surface area contributed by atoms with E-state index >= 15 is 0 Å². The average molecular weight is 210 g/mol. The van der Waals surface area contributed by atoms with Gasteiger partial charge in [-0.05, 0) is 12.1 Å². The highest BCUT2D eigenvalue weighted by atomic mass is 32.1. The van der Waals surface area contributed by atoms with E-state index in [-0.39, 0.29) is 6.61 Å². The van der Waals surface area contributed by atoms with Crippen LogP contribution in [0.2, 0.25) is 0 Å². The lowest BCUT2D eigenvalue weighted by molar-refractivity contribution is 0.282. The lowest BCUT2D eigenvalue weighted by Gasteiger charge is -2.02. The van der Waals surface area contributed by atoms with Crippen LogP contribution in [0, 0.1) is 0 Å². The molecule has 2 aromatic rings.